The van der Waals surface area contributed by atoms with E-state index in [-0.39, 0.29) is 18.0 Å². The molecular weight excluding hydrogens is 294 g/mol. The number of nitrogens with two attached hydrogens (primary N) is 1. The van der Waals surface area contributed by atoms with Crippen molar-refractivity contribution >= 4 is 17.2 Å². The first kappa shape index (κ1) is 15.2. The lowest BCUT2D eigenvalue weighted by Crippen LogP contribution is -2.40. The molecule has 1 aromatic heterocycles. The molecule has 1 aromatic carbocycles. The summed E-state index contributed by atoms with van der Waals surface area (Å²) in [4.78, 5) is 17.7. The number of hydrogen-bond donors (Lipinski definition) is 2. The van der Waals surface area contributed by atoms with Crippen LogP contribution in [0.1, 0.15) is 57.3 Å². The number of nitrogens with zero attached hydrogens (tertiary/aromatic N) is 1. The monoisotopic (exact) mass is 315 g/mol. The minimum atomic E-state index is -0.141. The van der Waals surface area contributed by atoms with Crippen LogP contribution in [-0.4, -0.2) is 16.9 Å². The smallest absolute Gasteiger partial charge is 0.263 e. The van der Waals surface area contributed by atoms with Crippen LogP contribution >= 0.6 is 11.3 Å². The summed E-state index contributed by atoms with van der Waals surface area (Å²) < 4.78 is 0. The van der Waals surface area contributed by atoms with Gasteiger partial charge in [-0.15, -0.1) is 11.3 Å². The molecule has 1 amide bonds. The molecule has 0 radical (unpaired) electrons. The minimum Gasteiger partial charge on any atom is -0.346 e. The Labute approximate surface area is 134 Å². The fourth-order valence-electron chi connectivity index (χ4n) is 2.88. The van der Waals surface area contributed by atoms with Crippen LogP contribution in [0.2, 0.25) is 0 Å². The Morgan fingerprint density at radius 1 is 1.41 bits per heavy atom. The van der Waals surface area contributed by atoms with Gasteiger partial charge in [0, 0.05) is 5.92 Å². The Balaban J connectivity index is 1.76. The molecule has 1 heterocycles. The van der Waals surface area contributed by atoms with E-state index in [0.717, 1.165) is 22.7 Å². The number of rotatable bonds is 3. The Hall–Kier alpha value is -1.72. The fraction of sp³-hybridized carbons (Fsp3) is 0.412. The molecule has 0 saturated heterocycles. The van der Waals surface area contributed by atoms with E-state index in [2.05, 4.69) is 30.2 Å². The largest absolute Gasteiger partial charge is 0.346 e. The number of benzene rings is 1. The number of fused-ring (bicyclic) bond motifs is 1. The van der Waals surface area contributed by atoms with Crippen LogP contribution in [0, 0.1) is 6.92 Å². The van der Waals surface area contributed by atoms with E-state index in [1.807, 2.05) is 25.1 Å². The van der Waals surface area contributed by atoms with Crippen LogP contribution in [0.15, 0.2) is 24.3 Å². The van der Waals surface area contributed by atoms with Gasteiger partial charge >= 0.3 is 0 Å². The maximum atomic E-state index is 12.6. The molecular formula is C17H21N3OS. The van der Waals surface area contributed by atoms with Crippen LogP contribution in [0.5, 0.6) is 0 Å². The molecule has 3 rings (SSSR count). The zero-order chi connectivity index (χ0) is 15.9. The van der Waals surface area contributed by atoms with Crippen LogP contribution in [0.3, 0.4) is 0 Å². The van der Waals surface area contributed by atoms with Gasteiger partial charge in [0.15, 0.2) is 0 Å². The normalized spacial score (nSPS) is 20.2. The highest BCUT2D eigenvalue weighted by Crippen LogP contribution is 2.30. The van der Waals surface area contributed by atoms with Crippen LogP contribution in [0.25, 0.3) is 0 Å². The van der Waals surface area contributed by atoms with Crippen molar-refractivity contribution in [2.45, 2.75) is 45.2 Å². The summed E-state index contributed by atoms with van der Waals surface area (Å²) in [7, 11) is 0. The highest BCUT2D eigenvalue weighted by Gasteiger charge is 2.31. The van der Waals surface area contributed by atoms with Gasteiger partial charge in [-0.05, 0) is 24.5 Å². The second-order valence-corrected chi connectivity index (χ2v) is 7.16. The average molecular weight is 315 g/mol. The maximum absolute atomic E-state index is 12.6. The highest BCUT2D eigenvalue weighted by atomic mass is 32.1. The lowest BCUT2D eigenvalue weighted by molar-refractivity contribution is 0.0936. The lowest BCUT2D eigenvalue weighted by Gasteiger charge is -2.17. The Kier molecular flexibility index (Phi) is 4.02. The van der Waals surface area contributed by atoms with Crippen LogP contribution < -0.4 is 11.1 Å². The molecule has 116 valence electrons. The molecule has 0 bridgehead atoms. The molecule has 5 heteroatoms. The van der Waals surface area contributed by atoms with Gasteiger partial charge in [0.05, 0.1) is 22.8 Å². The van der Waals surface area contributed by atoms with E-state index < -0.39 is 0 Å². The maximum Gasteiger partial charge on any atom is 0.263 e. The third-order valence-corrected chi connectivity index (χ3v) is 5.57. The quantitative estimate of drug-likeness (QED) is 0.915. The van der Waals surface area contributed by atoms with Crippen molar-refractivity contribution in [3.05, 3.63) is 51.0 Å². The van der Waals surface area contributed by atoms with E-state index in [4.69, 9.17) is 5.73 Å². The number of aryl methyl sites for hydroxylation is 1. The van der Waals surface area contributed by atoms with Crippen molar-refractivity contribution in [3.8, 4) is 0 Å². The zero-order valence-electron chi connectivity index (χ0n) is 13.1. The molecule has 2 atom stereocenters. The number of hydrogen-bond acceptors (Lipinski definition) is 4. The topological polar surface area (TPSA) is 68.0 Å². The number of amides is 1. The molecule has 2 aromatic rings. The number of carbonyl (C=O) groups excluding carboxylic acids is 1. The van der Waals surface area contributed by atoms with Crippen molar-refractivity contribution in [2.75, 3.05) is 0 Å². The van der Waals surface area contributed by atoms with Gasteiger partial charge in [0.2, 0.25) is 0 Å². The molecule has 0 unspecified atom stereocenters. The van der Waals surface area contributed by atoms with E-state index in [0.29, 0.717) is 10.8 Å². The molecule has 1 aliphatic rings. The Morgan fingerprint density at radius 3 is 2.77 bits per heavy atom. The van der Waals surface area contributed by atoms with Gasteiger partial charge in [-0.25, -0.2) is 4.98 Å². The van der Waals surface area contributed by atoms with Crippen molar-refractivity contribution in [2.24, 2.45) is 5.73 Å². The molecule has 3 N–H and O–H groups in total. The van der Waals surface area contributed by atoms with E-state index in [9.17, 15) is 4.79 Å². The summed E-state index contributed by atoms with van der Waals surface area (Å²) in [6.07, 6.45) is 0.790. The number of nitrogens with one attached hydrogen (secondary N) is 1. The molecule has 0 aliphatic heterocycles. The third kappa shape index (κ3) is 2.66. The summed E-state index contributed by atoms with van der Waals surface area (Å²) >= 11 is 1.48. The summed E-state index contributed by atoms with van der Waals surface area (Å²) in [5.74, 6) is 0.276. The first-order chi connectivity index (χ1) is 10.5. The van der Waals surface area contributed by atoms with Gasteiger partial charge in [0.25, 0.3) is 5.91 Å². The predicted molar refractivity (Wildman–Crippen MR) is 89.3 cm³/mol. The number of thiazole rings is 1. The highest BCUT2D eigenvalue weighted by molar-refractivity contribution is 7.13. The average Bonchev–Trinajstić information content (AvgIpc) is 3.01. The zero-order valence-corrected chi connectivity index (χ0v) is 13.9. The summed E-state index contributed by atoms with van der Waals surface area (Å²) in [5.41, 5.74) is 9.44. The van der Waals surface area contributed by atoms with Crippen LogP contribution in [-0.2, 0) is 6.42 Å². The standard InChI is InChI=1S/C17H21N3OS/c1-9(2)17-19-10(3)15(22-17)16(21)20-13-8-11-6-4-5-7-12(11)14(13)18/h4-7,9,13-14H,8,18H2,1-3H3,(H,20,21)/t13-,14-/m0/s1. The fourth-order valence-corrected chi connectivity index (χ4v) is 3.85. The Bertz CT molecular complexity index is 708. The predicted octanol–water partition coefficient (Wildman–Crippen LogP) is 2.93. The van der Waals surface area contributed by atoms with Crippen molar-refractivity contribution < 1.29 is 4.79 Å². The second-order valence-electron chi connectivity index (χ2n) is 6.13. The van der Waals surface area contributed by atoms with Gasteiger partial charge in [-0.1, -0.05) is 38.1 Å². The van der Waals surface area contributed by atoms with E-state index in [1.54, 1.807) is 0 Å². The summed E-state index contributed by atoms with van der Waals surface area (Å²) in [6.45, 7) is 6.06. The summed E-state index contributed by atoms with van der Waals surface area (Å²) in [6, 6.07) is 7.94. The number of aromatic nitrogens is 1. The molecule has 0 fully saturated rings. The van der Waals surface area contributed by atoms with Crippen molar-refractivity contribution in [1.29, 1.82) is 0 Å². The minimum absolute atomic E-state index is 0.0473. The Morgan fingerprint density at radius 2 is 2.14 bits per heavy atom. The van der Waals surface area contributed by atoms with Crippen molar-refractivity contribution in [1.82, 2.24) is 10.3 Å². The van der Waals surface area contributed by atoms with Crippen molar-refractivity contribution in [3.63, 3.8) is 0 Å². The molecule has 4 nitrogen and oxygen atoms in total. The lowest BCUT2D eigenvalue weighted by atomic mass is 10.1. The van der Waals surface area contributed by atoms with Crippen LogP contribution in [0.4, 0.5) is 0 Å². The first-order valence-corrected chi connectivity index (χ1v) is 8.40. The van der Waals surface area contributed by atoms with Gasteiger partial charge in [-0.3, -0.25) is 4.79 Å². The number of carbonyl (C=O) groups is 1. The first-order valence-electron chi connectivity index (χ1n) is 7.59. The summed E-state index contributed by atoms with van der Waals surface area (Å²) in [5, 5.41) is 4.09. The van der Waals surface area contributed by atoms with E-state index in [1.165, 1.54) is 16.9 Å². The van der Waals surface area contributed by atoms with Gasteiger partial charge in [-0.2, -0.15) is 0 Å². The SMILES string of the molecule is Cc1nc(C(C)C)sc1C(=O)N[C@H]1Cc2ccccc2[C@@H]1N. The molecule has 0 saturated carbocycles. The van der Waals surface area contributed by atoms with Gasteiger partial charge in [0.1, 0.15) is 4.88 Å². The second kappa shape index (κ2) is 5.82. The third-order valence-electron chi connectivity index (χ3n) is 4.12. The van der Waals surface area contributed by atoms with E-state index >= 15 is 0 Å². The molecule has 22 heavy (non-hydrogen) atoms. The van der Waals surface area contributed by atoms with Gasteiger partial charge < -0.3 is 11.1 Å². The molecule has 1 aliphatic carbocycles. The molecule has 0 spiro atoms.